The second kappa shape index (κ2) is 8.28. The lowest BCUT2D eigenvalue weighted by atomic mass is 10.0. The number of aromatic nitrogens is 1. The summed E-state index contributed by atoms with van der Waals surface area (Å²) in [5.41, 5.74) is 5.07. The molecule has 1 fully saturated rings. The molecule has 1 saturated heterocycles. The van der Waals surface area contributed by atoms with E-state index < -0.39 is 0 Å². The molecule has 0 radical (unpaired) electrons. The average molecular weight is 400 g/mol. The topological polar surface area (TPSA) is 81.1 Å². The maximum atomic E-state index is 10.9. The second-order valence-electron chi connectivity index (χ2n) is 7.32. The molecular weight excluding hydrogens is 374 g/mol. The molecule has 2 aromatic rings. The predicted molar refractivity (Wildman–Crippen MR) is 111 cm³/mol. The molecule has 1 aliphatic heterocycles. The van der Waals surface area contributed by atoms with Crippen LogP contribution >= 0.6 is 11.3 Å². The minimum Gasteiger partial charge on any atom is -0.411 e. The van der Waals surface area contributed by atoms with E-state index in [1.807, 2.05) is 4.90 Å². The Labute approximate surface area is 168 Å². The van der Waals surface area contributed by atoms with Gasteiger partial charge in [-0.25, -0.2) is 4.98 Å². The smallest absolute Gasteiger partial charge is 0.209 e. The average Bonchev–Trinajstić information content (AvgIpc) is 3.14. The molecule has 2 aliphatic rings. The molecule has 0 atom stereocenters. The van der Waals surface area contributed by atoms with Gasteiger partial charge in [-0.2, -0.15) is 0 Å². The van der Waals surface area contributed by atoms with Crippen LogP contribution in [0.5, 0.6) is 0 Å². The summed E-state index contributed by atoms with van der Waals surface area (Å²) in [5.74, 6) is 0. The number of hydrogen-bond donors (Lipinski definition) is 2. The molecule has 8 heteroatoms. The van der Waals surface area contributed by atoms with E-state index in [2.05, 4.69) is 45.5 Å². The lowest BCUT2D eigenvalue weighted by Crippen LogP contribution is -2.45. The number of nitrogens with zero attached hydrogens (tertiary/aromatic N) is 4. The van der Waals surface area contributed by atoms with Gasteiger partial charge in [-0.3, -0.25) is 9.69 Å². The maximum Gasteiger partial charge on any atom is 0.209 e. The van der Waals surface area contributed by atoms with Crippen molar-refractivity contribution in [1.82, 2.24) is 14.8 Å². The Morgan fingerprint density at radius 1 is 1.29 bits per heavy atom. The first-order valence-electron chi connectivity index (χ1n) is 9.66. The van der Waals surface area contributed by atoms with E-state index in [1.165, 1.54) is 16.0 Å². The van der Waals surface area contributed by atoms with Crippen LogP contribution in [0.3, 0.4) is 0 Å². The number of carbonyl (C=O) groups excluding carboxylic acids is 1. The minimum absolute atomic E-state index is 0.686. The number of oxime groups is 1. The highest BCUT2D eigenvalue weighted by atomic mass is 32.1. The zero-order valence-electron chi connectivity index (χ0n) is 16.0. The van der Waals surface area contributed by atoms with E-state index >= 15 is 0 Å². The Morgan fingerprint density at radius 3 is 2.86 bits per heavy atom. The van der Waals surface area contributed by atoms with Gasteiger partial charge in [0.15, 0.2) is 5.13 Å². The van der Waals surface area contributed by atoms with Crippen LogP contribution in [0.2, 0.25) is 0 Å². The standard InChI is InChI=1S/C20H25N5O2S/c1-14-15(12-24-8-10-25(13-26)11-9-24)4-2-5-16(14)21-20-22-19-17(23-27)6-3-7-18(19)28-20/h2,4-5,13,27H,3,6-12H2,1H3,(H,21,22). The van der Waals surface area contributed by atoms with Crippen molar-refractivity contribution < 1.29 is 10.0 Å². The third-order valence-electron chi connectivity index (χ3n) is 5.55. The second-order valence-corrected chi connectivity index (χ2v) is 8.41. The van der Waals surface area contributed by atoms with Crippen LogP contribution in [0.4, 0.5) is 10.8 Å². The summed E-state index contributed by atoms with van der Waals surface area (Å²) >= 11 is 1.64. The van der Waals surface area contributed by atoms with Gasteiger partial charge < -0.3 is 15.4 Å². The monoisotopic (exact) mass is 399 g/mol. The van der Waals surface area contributed by atoms with Crippen LogP contribution in [-0.4, -0.2) is 58.3 Å². The molecule has 2 heterocycles. The molecule has 1 aliphatic carbocycles. The van der Waals surface area contributed by atoms with Gasteiger partial charge in [0, 0.05) is 43.3 Å². The first kappa shape index (κ1) is 18.9. The lowest BCUT2D eigenvalue weighted by Gasteiger charge is -2.32. The Balaban J connectivity index is 1.48. The molecule has 1 amide bonds. The summed E-state index contributed by atoms with van der Waals surface area (Å²) in [6, 6.07) is 6.31. The zero-order valence-corrected chi connectivity index (χ0v) is 16.8. The van der Waals surface area contributed by atoms with Gasteiger partial charge in [0.25, 0.3) is 0 Å². The fourth-order valence-corrected chi connectivity index (χ4v) is 4.84. The molecule has 1 aromatic heterocycles. The van der Waals surface area contributed by atoms with Crippen molar-refractivity contribution in [3.8, 4) is 0 Å². The van der Waals surface area contributed by atoms with E-state index in [-0.39, 0.29) is 0 Å². The molecular formula is C20H25N5O2S. The van der Waals surface area contributed by atoms with Crippen molar-refractivity contribution in [2.75, 3.05) is 31.5 Å². The molecule has 1 aromatic carbocycles. The van der Waals surface area contributed by atoms with Crippen LogP contribution in [0.25, 0.3) is 0 Å². The fraction of sp³-hybridized carbons (Fsp3) is 0.450. The zero-order chi connectivity index (χ0) is 19.5. The summed E-state index contributed by atoms with van der Waals surface area (Å²) in [6.45, 7) is 6.40. The molecule has 4 rings (SSSR count). The number of benzene rings is 1. The Kier molecular flexibility index (Phi) is 5.59. The van der Waals surface area contributed by atoms with Crippen LogP contribution in [0.15, 0.2) is 23.4 Å². The Hall–Kier alpha value is -2.45. The molecule has 7 nitrogen and oxygen atoms in total. The Morgan fingerprint density at radius 2 is 2.11 bits per heavy atom. The van der Waals surface area contributed by atoms with Gasteiger partial charge >= 0.3 is 0 Å². The van der Waals surface area contributed by atoms with E-state index in [4.69, 9.17) is 0 Å². The summed E-state index contributed by atoms with van der Waals surface area (Å²) < 4.78 is 0. The van der Waals surface area contributed by atoms with E-state index in [0.29, 0.717) is 5.71 Å². The summed E-state index contributed by atoms with van der Waals surface area (Å²) in [4.78, 5) is 21.0. The van der Waals surface area contributed by atoms with Crippen molar-refractivity contribution in [2.45, 2.75) is 32.7 Å². The summed E-state index contributed by atoms with van der Waals surface area (Å²) in [6.07, 6.45) is 3.70. The molecule has 0 bridgehead atoms. The number of piperazine rings is 1. The molecule has 0 saturated carbocycles. The number of aryl methyl sites for hydroxylation is 1. The first-order valence-corrected chi connectivity index (χ1v) is 10.5. The van der Waals surface area contributed by atoms with Crippen molar-refractivity contribution in [3.05, 3.63) is 39.9 Å². The van der Waals surface area contributed by atoms with Gasteiger partial charge in [-0.15, -0.1) is 11.3 Å². The number of anilines is 2. The number of carbonyl (C=O) groups is 1. The van der Waals surface area contributed by atoms with Gasteiger partial charge in [0.05, 0.1) is 0 Å². The molecule has 0 spiro atoms. The highest BCUT2D eigenvalue weighted by molar-refractivity contribution is 7.16. The van der Waals surface area contributed by atoms with E-state index in [0.717, 1.165) is 74.9 Å². The van der Waals surface area contributed by atoms with Gasteiger partial charge in [-0.1, -0.05) is 17.3 Å². The third-order valence-corrected chi connectivity index (χ3v) is 6.58. The summed E-state index contributed by atoms with van der Waals surface area (Å²) in [5, 5.41) is 16.9. The van der Waals surface area contributed by atoms with Crippen molar-refractivity contribution in [1.29, 1.82) is 0 Å². The lowest BCUT2D eigenvalue weighted by molar-refractivity contribution is -0.119. The number of thiazole rings is 1. The van der Waals surface area contributed by atoms with Crippen molar-refractivity contribution in [2.24, 2.45) is 5.16 Å². The van der Waals surface area contributed by atoms with Gasteiger partial charge in [0.1, 0.15) is 11.4 Å². The highest BCUT2D eigenvalue weighted by Gasteiger charge is 2.22. The molecule has 148 valence electrons. The van der Waals surface area contributed by atoms with Crippen LogP contribution in [-0.2, 0) is 17.8 Å². The van der Waals surface area contributed by atoms with Gasteiger partial charge in [0.2, 0.25) is 6.41 Å². The van der Waals surface area contributed by atoms with Crippen LogP contribution in [0, 0.1) is 6.92 Å². The quantitative estimate of drug-likeness (QED) is 0.459. The molecule has 28 heavy (non-hydrogen) atoms. The van der Waals surface area contributed by atoms with Crippen LogP contribution < -0.4 is 5.32 Å². The molecule has 2 N–H and O–H groups in total. The summed E-state index contributed by atoms with van der Waals surface area (Å²) in [7, 11) is 0. The maximum absolute atomic E-state index is 10.9. The van der Waals surface area contributed by atoms with E-state index in [9.17, 15) is 10.0 Å². The van der Waals surface area contributed by atoms with E-state index in [1.54, 1.807) is 11.3 Å². The first-order chi connectivity index (χ1) is 13.7. The van der Waals surface area contributed by atoms with Crippen LogP contribution in [0.1, 0.15) is 34.5 Å². The number of hydrogen-bond acceptors (Lipinski definition) is 7. The van der Waals surface area contributed by atoms with Crippen molar-refractivity contribution >= 4 is 34.3 Å². The largest absolute Gasteiger partial charge is 0.411 e. The third kappa shape index (κ3) is 3.88. The highest BCUT2D eigenvalue weighted by Crippen LogP contribution is 2.33. The fourth-order valence-electron chi connectivity index (χ4n) is 3.81. The number of fused-ring (bicyclic) bond motifs is 1. The SMILES string of the molecule is Cc1c(CN2CCN(C=O)CC2)cccc1Nc1nc2c(s1)CCCC2=NO. The molecule has 0 unspecified atom stereocenters. The predicted octanol–water partition coefficient (Wildman–Crippen LogP) is 2.98. The van der Waals surface area contributed by atoms with Gasteiger partial charge in [-0.05, 0) is 43.4 Å². The number of rotatable bonds is 5. The normalized spacial score (nSPS) is 18.9. The Bertz CT molecular complexity index is 887. The minimum atomic E-state index is 0.686. The number of amides is 1. The van der Waals surface area contributed by atoms with Crippen molar-refractivity contribution in [3.63, 3.8) is 0 Å². The number of nitrogens with one attached hydrogen (secondary N) is 1.